The molecule has 0 aliphatic carbocycles. The molecule has 4 nitrogen and oxygen atoms in total. The zero-order valence-electron chi connectivity index (χ0n) is 18.6. The van der Waals surface area contributed by atoms with Crippen LogP contribution in [0.25, 0.3) is 0 Å². The fourth-order valence-corrected chi connectivity index (χ4v) is 4.23. The molecule has 0 aromatic heterocycles. The van der Waals surface area contributed by atoms with E-state index in [4.69, 9.17) is 21.1 Å². The fourth-order valence-electron chi connectivity index (χ4n) is 4.10. The lowest BCUT2D eigenvalue weighted by Crippen LogP contribution is -2.46. The number of hydrogen-bond acceptors (Lipinski definition) is 4. The van der Waals surface area contributed by atoms with E-state index in [1.165, 1.54) is 5.56 Å². The number of halogens is 1. The Morgan fingerprint density at radius 3 is 2.06 bits per heavy atom. The molecule has 0 spiro atoms. The van der Waals surface area contributed by atoms with Crippen molar-refractivity contribution in [2.75, 3.05) is 39.8 Å². The van der Waals surface area contributed by atoms with Crippen LogP contribution in [0.5, 0.6) is 11.5 Å². The summed E-state index contributed by atoms with van der Waals surface area (Å²) in [6.45, 7) is 6.40. The van der Waals surface area contributed by atoms with Crippen molar-refractivity contribution >= 4 is 11.6 Å². The largest absolute Gasteiger partial charge is 0.497 e. The Morgan fingerprint density at radius 1 is 0.781 bits per heavy atom. The van der Waals surface area contributed by atoms with E-state index < -0.39 is 0 Å². The van der Waals surface area contributed by atoms with Crippen LogP contribution in [0.1, 0.15) is 23.7 Å². The molecule has 1 atom stereocenters. The van der Waals surface area contributed by atoms with Crippen molar-refractivity contribution in [2.24, 2.45) is 0 Å². The van der Waals surface area contributed by atoms with Gasteiger partial charge in [-0.3, -0.25) is 4.90 Å². The molecule has 4 rings (SSSR count). The van der Waals surface area contributed by atoms with Crippen LogP contribution in [0, 0.1) is 0 Å². The summed E-state index contributed by atoms with van der Waals surface area (Å²) in [5.74, 6) is 1.67. The van der Waals surface area contributed by atoms with Crippen molar-refractivity contribution in [3.05, 3.63) is 95.0 Å². The van der Waals surface area contributed by atoms with E-state index in [9.17, 15) is 0 Å². The van der Waals surface area contributed by atoms with Crippen LogP contribution in [0.15, 0.2) is 78.9 Å². The Kier molecular flexibility index (Phi) is 8.05. The first-order chi connectivity index (χ1) is 15.7. The fraction of sp³-hybridized carbons (Fsp3) is 0.333. The first-order valence-electron chi connectivity index (χ1n) is 11.2. The van der Waals surface area contributed by atoms with Crippen molar-refractivity contribution in [3.63, 3.8) is 0 Å². The Hall–Kier alpha value is -2.53. The van der Waals surface area contributed by atoms with E-state index in [1.54, 1.807) is 7.11 Å². The van der Waals surface area contributed by atoms with E-state index in [-0.39, 0.29) is 6.10 Å². The topological polar surface area (TPSA) is 24.9 Å². The van der Waals surface area contributed by atoms with Gasteiger partial charge >= 0.3 is 0 Å². The predicted octanol–water partition coefficient (Wildman–Crippen LogP) is 5.68. The van der Waals surface area contributed by atoms with Crippen LogP contribution in [0.3, 0.4) is 0 Å². The molecule has 1 aliphatic rings. The number of benzene rings is 3. The van der Waals surface area contributed by atoms with E-state index in [0.29, 0.717) is 0 Å². The molecular formula is C27H31ClN2O2. The molecule has 1 aliphatic heterocycles. The van der Waals surface area contributed by atoms with Crippen molar-refractivity contribution in [1.82, 2.24) is 9.80 Å². The van der Waals surface area contributed by atoms with Crippen LogP contribution in [-0.4, -0.2) is 49.6 Å². The first-order valence-corrected chi connectivity index (χ1v) is 11.6. The van der Waals surface area contributed by atoms with Crippen LogP contribution >= 0.6 is 11.6 Å². The second kappa shape index (κ2) is 11.4. The SMILES string of the molecule is COc1ccc(O[C@@H](CCN2CCN(Cc3ccccc3)CC2)c2ccc(Cl)cc2)cc1. The van der Waals surface area contributed by atoms with Gasteiger partial charge in [0.05, 0.1) is 7.11 Å². The van der Waals surface area contributed by atoms with Gasteiger partial charge in [0.15, 0.2) is 0 Å². The normalized spacial score (nSPS) is 15.9. The Balaban J connectivity index is 1.33. The molecule has 0 amide bonds. The summed E-state index contributed by atoms with van der Waals surface area (Å²) >= 11 is 6.11. The summed E-state index contributed by atoms with van der Waals surface area (Å²) < 4.78 is 11.7. The van der Waals surface area contributed by atoms with Gasteiger partial charge < -0.3 is 14.4 Å². The van der Waals surface area contributed by atoms with E-state index in [2.05, 4.69) is 52.3 Å². The van der Waals surface area contributed by atoms with Crippen molar-refractivity contribution in [2.45, 2.75) is 19.1 Å². The van der Waals surface area contributed by atoms with E-state index in [0.717, 1.165) is 67.8 Å². The highest BCUT2D eigenvalue weighted by Gasteiger charge is 2.20. The molecule has 3 aromatic rings. The molecule has 0 N–H and O–H groups in total. The van der Waals surface area contributed by atoms with Gasteiger partial charge in [-0.2, -0.15) is 0 Å². The lowest BCUT2D eigenvalue weighted by molar-refractivity contribution is 0.107. The highest BCUT2D eigenvalue weighted by atomic mass is 35.5. The third kappa shape index (κ3) is 6.49. The van der Waals surface area contributed by atoms with Crippen molar-refractivity contribution in [1.29, 1.82) is 0 Å². The zero-order valence-corrected chi connectivity index (χ0v) is 19.4. The quantitative estimate of drug-likeness (QED) is 0.419. The average molecular weight is 451 g/mol. The molecule has 0 saturated carbocycles. The molecule has 168 valence electrons. The minimum absolute atomic E-state index is 0.0250. The molecule has 0 unspecified atom stereocenters. The summed E-state index contributed by atoms with van der Waals surface area (Å²) in [4.78, 5) is 5.08. The number of piperazine rings is 1. The number of hydrogen-bond donors (Lipinski definition) is 0. The van der Waals surface area contributed by atoms with Gasteiger partial charge in [-0.05, 0) is 47.5 Å². The van der Waals surface area contributed by atoms with Gasteiger partial charge in [0.1, 0.15) is 17.6 Å². The van der Waals surface area contributed by atoms with Crippen molar-refractivity contribution < 1.29 is 9.47 Å². The second-order valence-electron chi connectivity index (χ2n) is 8.23. The van der Waals surface area contributed by atoms with Gasteiger partial charge in [-0.1, -0.05) is 54.1 Å². The summed E-state index contributed by atoms with van der Waals surface area (Å²) in [6.07, 6.45) is 0.898. The van der Waals surface area contributed by atoms with Gasteiger partial charge in [0.25, 0.3) is 0 Å². The number of ether oxygens (including phenoxy) is 2. The molecule has 1 heterocycles. The van der Waals surface area contributed by atoms with Gasteiger partial charge in [0.2, 0.25) is 0 Å². The monoisotopic (exact) mass is 450 g/mol. The molecule has 1 saturated heterocycles. The molecular weight excluding hydrogens is 420 g/mol. The van der Waals surface area contributed by atoms with Gasteiger partial charge in [0, 0.05) is 50.7 Å². The third-order valence-corrected chi connectivity index (χ3v) is 6.25. The maximum absolute atomic E-state index is 6.40. The molecule has 1 fully saturated rings. The number of nitrogens with zero attached hydrogens (tertiary/aromatic N) is 2. The molecule has 32 heavy (non-hydrogen) atoms. The average Bonchev–Trinajstić information content (AvgIpc) is 2.84. The van der Waals surface area contributed by atoms with Crippen molar-refractivity contribution in [3.8, 4) is 11.5 Å². The Labute approximate surface area is 196 Å². The maximum Gasteiger partial charge on any atom is 0.125 e. The highest BCUT2D eigenvalue weighted by molar-refractivity contribution is 6.30. The minimum atomic E-state index is -0.0250. The van der Waals surface area contributed by atoms with E-state index in [1.807, 2.05) is 36.4 Å². The Morgan fingerprint density at radius 2 is 1.41 bits per heavy atom. The zero-order chi connectivity index (χ0) is 22.2. The van der Waals surface area contributed by atoms with Crippen LogP contribution in [0.4, 0.5) is 0 Å². The summed E-state index contributed by atoms with van der Waals surface area (Å²) in [6, 6.07) is 26.5. The lowest BCUT2D eigenvalue weighted by atomic mass is 10.1. The van der Waals surface area contributed by atoms with Gasteiger partial charge in [-0.25, -0.2) is 0 Å². The summed E-state index contributed by atoms with van der Waals surface area (Å²) in [7, 11) is 1.67. The molecule has 3 aromatic carbocycles. The van der Waals surface area contributed by atoms with Crippen LogP contribution < -0.4 is 9.47 Å². The predicted molar refractivity (Wildman–Crippen MR) is 131 cm³/mol. The maximum atomic E-state index is 6.40. The summed E-state index contributed by atoms with van der Waals surface area (Å²) in [5.41, 5.74) is 2.53. The van der Waals surface area contributed by atoms with Crippen LogP contribution in [-0.2, 0) is 6.54 Å². The lowest BCUT2D eigenvalue weighted by Gasteiger charge is -2.35. The Bertz CT molecular complexity index is 940. The van der Waals surface area contributed by atoms with Gasteiger partial charge in [-0.15, -0.1) is 0 Å². The number of rotatable bonds is 9. The number of methoxy groups -OCH3 is 1. The molecule has 0 radical (unpaired) electrons. The molecule has 0 bridgehead atoms. The van der Waals surface area contributed by atoms with Crippen LogP contribution in [0.2, 0.25) is 5.02 Å². The third-order valence-electron chi connectivity index (χ3n) is 6.00. The minimum Gasteiger partial charge on any atom is -0.497 e. The standard InChI is InChI=1S/C27H31ClN2O2/c1-31-25-11-13-26(14-12-25)32-27(23-7-9-24(28)10-8-23)15-16-29-17-19-30(20-18-29)21-22-5-3-2-4-6-22/h2-14,27H,15-21H2,1H3/t27-/m0/s1. The second-order valence-corrected chi connectivity index (χ2v) is 8.66. The smallest absolute Gasteiger partial charge is 0.125 e. The first kappa shape index (κ1) is 22.7. The molecule has 5 heteroatoms. The van der Waals surface area contributed by atoms with E-state index >= 15 is 0 Å². The summed E-state index contributed by atoms with van der Waals surface area (Å²) in [5, 5.41) is 0.742. The highest BCUT2D eigenvalue weighted by Crippen LogP contribution is 2.28.